The van der Waals surface area contributed by atoms with Gasteiger partial charge in [-0.05, 0) is 60.5 Å². The van der Waals surface area contributed by atoms with E-state index in [0.29, 0.717) is 35.0 Å². The van der Waals surface area contributed by atoms with E-state index in [1.807, 2.05) is 0 Å². The smallest absolute Gasteiger partial charge is 0.174 e. The third-order valence-electron chi connectivity index (χ3n) is 8.27. The fourth-order valence-electron chi connectivity index (χ4n) is 6.76. The number of hydrogen-bond donors (Lipinski definition) is 0. The minimum Gasteiger partial charge on any atom is -0.299 e. The van der Waals surface area contributed by atoms with Gasteiger partial charge in [-0.15, -0.1) is 0 Å². The van der Waals surface area contributed by atoms with Crippen LogP contribution in [-0.2, 0) is 9.59 Å². The standard InChI is InChI=1S/C21H27ClO2/c1-11-9-13-14-5-6-17(24)20(14,3)8-7-15(13)21(4)12(2)10-16(23)19(22)18(11)21/h12-15H,1,5-10H2,2-4H3/t12-,13-,14-,15-,20-,21+/m0/s1. The molecule has 0 spiro atoms. The summed E-state index contributed by atoms with van der Waals surface area (Å²) in [5.74, 6) is 2.33. The van der Waals surface area contributed by atoms with Gasteiger partial charge >= 0.3 is 0 Å². The second-order valence-electron chi connectivity index (χ2n) is 9.10. The minimum atomic E-state index is -0.128. The molecular formula is C21H27ClO2. The SMILES string of the molecule is C=C1C[C@@H]2[C@H](CC[C@]3(C)C(=O)CC[C@@H]23)[C@]2(C)C1=C(Cl)C(=O)C[C@@H]2C. The predicted molar refractivity (Wildman–Crippen MR) is 95.6 cm³/mol. The van der Waals surface area contributed by atoms with E-state index in [1.165, 1.54) is 0 Å². The number of carbonyl (C=O) groups excluding carboxylic acids is 2. The van der Waals surface area contributed by atoms with Gasteiger partial charge in [0, 0.05) is 23.7 Å². The fraction of sp³-hybridized carbons (Fsp3) is 0.714. The first-order valence-corrected chi connectivity index (χ1v) is 9.74. The zero-order valence-electron chi connectivity index (χ0n) is 15.0. The van der Waals surface area contributed by atoms with E-state index in [0.717, 1.165) is 43.3 Å². The maximum atomic E-state index is 12.5. The molecule has 0 aliphatic heterocycles. The van der Waals surface area contributed by atoms with Crippen molar-refractivity contribution in [2.75, 3.05) is 0 Å². The zero-order valence-corrected chi connectivity index (χ0v) is 15.7. The number of allylic oxidation sites excluding steroid dienone is 2. The molecule has 0 aromatic carbocycles. The Balaban J connectivity index is 1.83. The summed E-state index contributed by atoms with van der Waals surface area (Å²) in [5.41, 5.74) is 1.89. The molecule has 0 amide bonds. The molecule has 24 heavy (non-hydrogen) atoms. The Morgan fingerprint density at radius 3 is 2.54 bits per heavy atom. The van der Waals surface area contributed by atoms with Crippen molar-refractivity contribution in [1.82, 2.24) is 0 Å². The van der Waals surface area contributed by atoms with Gasteiger partial charge < -0.3 is 0 Å². The van der Waals surface area contributed by atoms with Crippen LogP contribution in [0.25, 0.3) is 0 Å². The van der Waals surface area contributed by atoms with E-state index in [-0.39, 0.29) is 22.5 Å². The summed E-state index contributed by atoms with van der Waals surface area (Å²) in [6.07, 6.45) is 5.27. The summed E-state index contributed by atoms with van der Waals surface area (Å²) in [7, 11) is 0. The number of carbonyl (C=O) groups is 2. The van der Waals surface area contributed by atoms with Crippen molar-refractivity contribution < 1.29 is 9.59 Å². The molecule has 4 aliphatic rings. The molecule has 4 aliphatic carbocycles. The lowest BCUT2D eigenvalue weighted by Gasteiger charge is -2.59. The highest BCUT2D eigenvalue weighted by Crippen LogP contribution is 2.67. The topological polar surface area (TPSA) is 34.1 Å². The van der Waals surface area contributed by atoms with Gasteiger partial charge in [-0.3, -0.25) is 9.59 Å². The number of ketones is 2. The molecule has 0 aromatic rings. The fourth-order valence-corrected chi connectivity index (χ4v) is 7.18. The molecule has 0 N–H and O–H groups in total. The van der Waals surface area contributed by atoms with E-state index >= 15 is 0 Å². The van der Waals surface area contributed by atoms with Crippen LogP contribution in [0.2, 0.25) is 0 Å². The molecule has 6 atom stereocenters. The largest absolute Gasteiger partial charge is 0.299 e. The van der Waals surface area contributed by atoms with Crippen molar-refractivity contribution in [3.63, 3.8) is 0 Å². The Labute approximate surface area is 149 Å². The third kappa shape index (κ3) is 1.84. The first-order valence-electron chi connectivity index (χ1n) is 9.36. The van der Waals surface area contributed by atoms with Crippen LogP contribution in [0.15, 0.2) is 22.8 Å². The van der Waals surface area contributed by atoms with Gasteiger partial charge in [-0.25, -0.2) is 0 Å². The van der Waals surface area contributed by atoms with Gasteiger partial charge in [-0.1, -0.05) is 39.0 Å². The summed E-state index contributed by atoms with van der Waals surface area (Å²) in [4.78, 5) is 24.8. The minimum absolute atomic E-state index is 0.0715. The molecule has 4 rings (SSSR count). The lowest BCUT2D eigenvalue weighted by molar-refractivity contribution is -0.133. The van der Waals surface area contributed by atoms with E-state index in [9.17, 15) is 9.59 Å². The van der Waals surface area contributed by atoms with E-state index in [2.05, 4.69) is 27.4 Å². The molecule has 0 heterocycles. The van der Waals surface area contributed by atoms with Crippen molar-refractivity contribution in [2.24, 2.45) is 34.5 Å². The average Bonchev–Trinajstić information content (AvgIpc) is 2.81. The number of rotatable bonds is 0. The second kappa shape index (κ2) is 5.06. The van der Waals surface area contributed by atoms with Gasteiger partial charge in [0.15, 0.2) is 5.78 Å². The normalized spacial score (nSPS) is 48.2. The van der Waals surface area contributed by atoms with Crippen LogP contribution in [0.5, 0.6) is 0 Å². The summed E-state index contributed by atoms with van der Waals surface area (Å²) in [5, 5.41) is 0.440. The highest BCUT2D eigenvalue weighted by Gasteiger charge is 2.61. The first-order chi connectivity index (χ1) is 11.2. The Bertz CT molecular complexity index is 690. The maximum Gasteiger partial charge on any atom is 0.174 e. The van der Waals surface area contributed by atoms with Crippen molar-refractivity contribution in [3.8, 4) is 0 Å². The van der Waals surface area contributed by atoms with Crippen molar-refractivity contribution >= 4 is 23.2 Å². The summed E-state index contributed by atoms with van der Waals surface area (Å²) in [6.45, 7) is 11.0. The van der Waals surface area contributed by atoms with Crippen LogP contribution in [-0.4, -0.2) is 11.6 Å². The van der Waals surface area contributed by atoms with Crippen LogP contribution in [0.1, 0.15) is 59.3 Å². The summed E-state index contributed by atoms with van der Waals surface area (Å²) < 4.78 is 0. The molecule has 3 saturated carbocycles. The molecule has 130 valence electrons. The highest BCUT2D eigenvalue weighted by atomic mass is 35.5. The number of fused-ring (bicyclic) bond motifs is 5. The second-order valence-corrected chi connectivity index (χ2v) is 9.48. The average molecular weight is 347 g/mol. The van der Waals surface area contributed by atoms with Gasteiger partial charge in [0.05, 0.1) is 5.03 Å². The number of halogens is 1. The monoisotopic (exact) mass is 346 g/mol. The third-order valence-corrected chi connectivity index (χ3v) is 8.67. The van der Waals surface area contributed by atoms with E-state index in [1.54, 1.807) is 0 Å². The van der Waals surface area contributed by atoms with E-state index in [4.69, 9.17) is 11.6 Å². The van der Waals surface area contributed by atoms with Crippen LogP contribution in [0, 0.1) is 34.5 Å². The Kier molecular flexibility index (Phi) is 3.50. The summed E-state index contributed by atoms with van der Waals surface area (Å²) >= 11 is 6.50. The molecule has 0 radical (unpaired) electrons. The van der Waals surface area contributed by atoms with Crippen molar-refractivity contribution in [2.45, 2.75) is 59.3 Å². The molecule has 3 fully saturated rings. The number of Topliss-reactive ketones (excluding diaryl/α,β-unsaturated/α-hetero) is 2. The Hall–Kier alpha value is -0.890. The predicted octanol–water partition coefficient (Wildman–Crippen LogP) is 5.07. The van der Waals surface area contributed by atoms with Crippen LogP contribution < -0.4 is 0 Å². The zero-order chi connectivity index (χ0) is 17.4. The summed E-state index contributed by atoms with van der Waals surface area (Å²) in [6, 6.07) is 0. The molecule has 0 unspecified atom stereocenters. The van der Waals surface area contributed by atoms with Crippen LogP contribution >= 0.6 is 11.6 Å². The van der Waals surface area contributed by atoms with Gasteiger partial charge in [0.2, 0.25) is 0 Å². The van der Waals surface area contributed by atoms with Gasteiger partial charge in [0.1, 0.15) is 5.78 Å². The van der Waals surface area contributed by atoms with Crippen molar-refractivity contribution in [1.29, 1.82) is 0 Å². The van der Waals surface area contributed by atoms with Crippen molar-refractivity contribution in [3.05, 3.63) is 22.8 Å². The van der Waals surface area contributed by atoms with Gasteiger partial charge in [0.25, 0.3) is 0 Å². The lowest BCUT2D eigenvalue weighted by atomic mass is 9.44. The van der Waals surface area contributed by atoms with Crippen LogP contribution in [0.3, 0.4) is 0 Å². The molecule has 0 saturated heterocycles. The molecule has 2 nitrogen and oxygen atoms in total. The maximum absolute atomic E-state index is 12.5. The highest BCUT2D eigenvalue weighted by molar-refractivity contribution is 6.43. The molecular weight excluding hydrogens is 320 g/mol. The lowest BCUT2D eigenvalue weighted by Crippen LogP contribution is -2.53. The Morgan fingerprint density at radius 1 is 1.12 bits per heavy atom. The molecule has 0 aromatic heterocycles. The van der Waals surface area contributed by atoms with Gasteiger partial charge in [-0.2, -0.15) is 0 Å². The quantitative estimate of drug-likeness (QED) is 0.614. The Morgan fingerprint density at radius 2 is 1.83 bits per heavy atom. The first kappa shape index (κ1) is 16.6. The molecule has 3 heteroatoms. The number of hydrogen-bond acceptors (Lipinski definition) is 2. The van der Waals surface area contributed by atoms with Crippen LogP contribution in [0.4, 0.5) is 0 Å². The molecule has 0 bridgehead atoms. The van der Waals surface area contributed by atoms with E-state index < -0.39 is 0 Å².